The van der Waals surface area contributed by atoms with Crippen LogP contribution >= 0.6 is 0 Å². The summed E-state index contributed by atoms with van der Waals surface area (Å²) in [6, 6.07) is 2.51. The Hall–Kier alpha value is -2.51. The van der Waals surface area contributed by atoms with E-state index in [2.05, 4.69) is 14.5 Å². The van der Waals surface area contributed by atoms with Crippen LogP contribution < -0.4 is 0 Å². The summed E-state index contributed by atoms with van der Waals surface area (Å²) in [5.41, 5.74) is 0.00767. The first-order valence-corrected chi connectivity index (χ1v) is 5.24. The minimum Gasteiger partial charge on any atom is -0.469 e. The number of methoxy groups -OCH3 is 2. The van der Waals surface area contributed by atoms with Crippen LogP contribution in [-0.2, 0) is 19.1 Å². The second kappa shape index (κ2) is 6.43. The highest BCUT2D eigenvalue weighted by atomic mass is 16.6. The summed E-state index contributed by atoms with van der Waals surface area (Å²) in [6.07, 6.45) is 0.774. The third-order valence-corrected chi connectivity index (χ3v) is 2.42. The van der Waals surface area contributed by atoms with Crippen molar-refractivity contribution in [1.29, 1.82) is 0 Å². The molecule has 0 amide bonds. The van der Waals surface area contributed by atoms with Gasteiger partial charge in [0.2, 0.25) is 0 Å². The third kappa shape index (κ3) is 3.73. The number of aromatic nitrogens is 1. The van der Waals surface area contributed by atoms with Gasteiger partial charge in [-0.05, 0) is 6.07 Å². The van der Waals surface area contributed by atoms with Crippen molar-refractivity contribution < 1.29 is 24.0 Å². The molecule has 0 N–H and O–H groups in total. The minimum absolute atomic E-state index is 0.203. The molecule has 8 nitrogen and oxygen atoms in total. The molecule has 19 heavy (non-hydrogen) atoms. The molecule has 0 bridgehead atoms. The molecule has 1 aromatic rings. The van der Waals surface area contributed by atoms with Gasteiger partial charge in [0.1, 0.15) is 12.1 Å². The first kappa shape index (κ1) is 14.6. The molecule has 0 saturated carbocycles. The van der Waals surface area contributed by atoms with Crippen molar-refractivity contribution >= 4 is 17.6 Å². The van der Waals surface area contributed by atoms with Crippen LogP contribution in [0.3, 0.4) is 0 Å². The molecule has 0 aliphatic heterocycles. The number of hydrogen-bond acceptors (Lipinski definition) is 7. The quantitative estimate of drug-likeness (QED) is 0.441. The maximum atomic E-state index is 11.6. The zero-order valence-corrected chi connectivity index (χ0v) is 10.4. The number of nitro groups is 1. The maximum Gasteiger partial charge on any atom is 0.315 e. The van der Waals surface area contributed by atoms with Gasteiger partial charge in [-0.15, -0.1) is 0 Å². The number of carbonyl (C=O) groups excluding carboxylic acids is 2. The van der Waals surface area contributed by atoms with E-state index in [4.69, 9.17) is 0 Å². The second-order valence-corrected chi connectivity index (χ2v) is 3.55. The fourth-order valence-corrected chi connectivity index (χ4v) is 1.41. The molecule has 8 heteroatoms. The molecule has 1 atom stereocenters. The van der Waals surface area contributed by atoms with Gasteiger partial charge in [0.15, 0.2) is 0 Å². The average Bonchev–Trinajstić information content (AvgIpc) is 2.43. The monoisotopic (exact) mass is 268 g/mol. The van der Waals surface area contributed by atoms with Crippen LogP contribution in [0.4, 0.5) is 5.69 Å². The number of carbonyl (C=O) groups is 2. The summed E-state index contributed by atoms with van der Waals surface area (Å²) in [7, 11) is 2.37. The lowest BCUT2D eigenvalue weighted by atomic mass is 10.0. The molecular formula is C11H12N2O6. The lowest BCUT2D eigenvalue weighted by molar-refractivity contribution is -0.385. The molecule has 1 heterocycles. The second-order valence-electron chi connectivity index (χ2n) is 3.55. The summed E-state index contributed by atoms with van der Waals surface area (Å²) in [6.45, 7) is 0. The van der Waals surface area contributed by atoms with Gasteiger partial charge in [-0.2, -0.15) is 0 Å². The molecule has 0 aromatic carbocycles. The predicted molar refractivity (Wildman–Crippen MR) is 62.3 cm³/mol. The van der Waals surface area contributed by atoms with Crippen LogP contribution in [0.5, 0.6) is 0 Å². The first-order valence-electron chi connectivity index (χ1n) is 5.24. The SMILES string of the molecule is COC(=O)CC(C(=O)OC)c1ccc([N+](=O)[O-])cn1. The van der Waals surface area contributed by atoms with Gasteiger partial charge in [0, 0.05) is 6.07 Å². The largest absolute Gasteiger partial charge is 0.469 e. The van der Waals surface area contributed by atoms with Gasteiger partial charge in [0.05, 0.1) is 31.3 Å². The molecule has 1 rings (SSSR count). The number of pyridine rings is 1. The van der Waals surface area contributed by atoms with Gasteiger partial charge in [-0.25, -0.2) is 0 Å². The Bertz CT molecular complexity index is 484. The van der Waals surface area contributed by atoms with Crippen molar-refractivity contribution in [3.8, 4) is 0 Å². The summed E-state index contributed by atoms with van der Waals surface area (Å²) < 4.78 is 9.05. The Morgan fingerprint density at radius 3 is 2.47 bits per heavy atom. The predicted octanol–water partition coefficient (Wildman–Crippen LogP) is 0.809. The van der Waals surface area contributed by atoms with E-state index in [9.17, 15) is 19.7 Å². The topological polar surface area (TPSA) is 109 Å². The average molecular weight is 268 g/mol. The Balaban J connectivity index is 3.00. The standard InChI is InChI=1S/C11H12N2O6/c1-18-10(14)5-8(11(15)19-2)9-4-3-7(6-12-9)13(16)17/h3-4,6,8H,5H2,1-2H3. The van der Waals surface area contributed by atoms with Gasteiger partial charge in [0.25, 0.3) is 5.69 Å². The maximum absolute atomic E-state index is 11.6. The first-order chi connectivity index (χ1) is 8.99. The van der Waals surface area contributed by atoms with E-state index >= 15 is 0 Å². The molecule has 1 unspecified atom stereocenters. The van der Waals surface area contributed by atoms with E-state index in [1.54, 1.807) is 0 Å². The molecule has 0 saturated heterocycles. The van der Waals surface area contributed by atoms with Crippen molar-refractivity contribution in [3.05, 3.63) is 34.1 Å². The van der Waals surface area contributed by atoms with E-state index in [1.807, 2.05) is 0 Å². The van der Waals surface area contributed by atoms with E-state index < -0.39 is 22.8 Å². The number of hydrogen-bond donors (Lipinski definition) is 0. The number of ether oxygens (including phenoxy) is 2. The van der Waals surface area contributed by atoms with Gasteiger partial charge < -0.3 is 9.47 Å². The Kier molecular flexibility index (Phi) is 4.92. The Morgan fingerprint density at radius 2 is 2.05 bits per heavy atom. The van der Waals surface area contributed by atoms with E-state index in [1.165, 1.54) is 26.4 Å². The molecule has 102 valence electrons. The molecule has 0 aliphatic carbocycles. The highest BCUT2D eigenvalue weighted by molar-refractivity contribution is 5.83. The lowest BCUT2D eigenvalue weighted by Gasteiger charge is -2.12. The highest BCUT2D eigenvalue weighted by Crippen LogP contribution is 2.21. The number of nitrogens with zero attached hydrogens (tertiary/aromatic N) is 2. The van der Waals surface area contributed by atoms with Crippen LogP contribution in [0.2, 0.25) is 0 Å². The molecule has 0 radical (unpaired) electrons. The highest BCUT2D eigenvalue weighted by Gasteiger charge is 2.27. The van der Waals surface area contributed by atoms with E-state index in [0.29, 0.717) is 0 Å². The van der Waals surface area contributed by atoms with Gasteiger partial charge in [-0.3, -0.25) is 24.7 Å². The molecule has 1 aromatic heterocycles. The fourth-order valence-electron chi connectivity index (χ4n) is 1.41. The molecule has 0 aliphatic rings. The lowest BCUT2D eigenvalue weighted by Crippen LogP contribution is -2.19. The summed E-state index contributed by atoms with van der Waals surface area (Å²) in [4.78, 5) is 36.5. The fraction of sp³-hybridized carbons (Fsp3) is 0.364. The van der Waals surface area contributed by atoms with Gasteiger partial charge in [-0.1, -0.05) is 0 Å². The van der Waals surface area contributed by atoms with Crippen LogP contribution in [0.25, 0.3) is 0 Å². The van der Waals surface area contributed by atoms with Crippen molar-refractivity contribution in [2.75, 3.05) is 14.2 Å². The Labute approximate surface area is 108 Å². The minimum atomic E-state index is -0.946. The normalized spacial score (nSPS) is 11.5. The summed E-state index contributed by atoms with van der Waals surface area (Å²) >= 11 is 0. The van der Waals surface area contributed by atoms with Crippen LogP contribution in [0.15, 0.2) is 18.3 Å². The summed E-state index contributed by atoms with van der Waals surface area (Å²) in [5.74, 6) is -2.21. The zero-order chi connectivity index (χ0) is 14.4. The van der Waals surface area contributed by atoms with Crippen molar-refractivity contribution in [2.24, 2.45) is 0 Å². The van der Waals surface area contributed by atoms with Crippen molar-refractivity contribution in [1.82, 2.24) is 4.98 Å². The molecule has 0 spiro atoms. The van der Waals surface area contributed by atoms with Crippen LogP contribution in [0, 0.1) is 10.1 Å². The van der Waals surface area contributed by atoms with Crippen LogP contribution in [0.1, 0.15) is 18.0 Å². The van der Waals surface area contributed by atoms with Gasteiger partial charge >= 0.3 is 11.9 Å². The molecular weight excluding hydrogens is 256 g/mol. The molecule has 0 fully saturated rings. The van der Waals surface area contributed by atoms with E-state index in [0.717, 1.165) is 6.20 Å². The number of rotatable bonds is 5. The Morgan fingerprint density at radius 1 is 1.37 bits per heavy atom. The van der Waals surface area contributed by atoms with Crippen LogP contribution in [-0.4, -0.2) is 36.1 Å². The number of esters is 2. The van der Waals surface area contributed by atoms with E-state index in [-0.39, 0.29) is 17.8 Å². The van der Waals surface area contributed by atoms with Crippen molar-refractivity contribution in [2.45, 2.75) is 12.3 Å². The zero-order valence-electron chi connectivity index (χ0n) is 10.4. The van der Waals surface area contributed by atoms with Crippen molar-refractivity contribution in [3.63, 3.8) is 0 Å². The smallest absolute Gasteiger partial charge is 0.315 e. The summed E-state index contributed by atoms with van der Waals surface area (Å²) in [5, 5.41) is 10.5. The third-order valence-electron chi connectivity index (χ3n) is 2.42.